The van der Waals surface area contributed by atoms with Gasteiger partial charge in [0.1, 0.15) is 11.1 Å². The molecule has 14 heavy (non-hydrogen) atoms. The minimum absolute atomic E-state index is 0.250. The van der Waals surface area contributed by atoms with Crippen LogP contribution in [0.25, 0.3) is 0 Å². The summed E-state index contributed by atoms with van der Waals surface area (Å²) in [5.41, 5.74) is -0.769. The molecule has 1 aromatic rings. The Kier molecular flexibility index (Phi) is 2.69. The van der Waals surface area contributed by atoms with Crippen LogP contribution in [0.1, 0.15) is 19.5 Å². The summed E-state index contributed by atoms with van der Waals surface area (Å²) in [5.74, 6) is -0.712. The van der Waals surface area contributed by atoms with E-state index in [-0.39, 0.29) is 5.88 Å². The van der Waals surface area contributed by atoms with E-state index in [0.29, 0.717) is 5.69 Å². The van der Waals surface area contributed by atoms with Crippen molar-refractivity contribution in [3.05, 3.63) is 18.1 Å². The molecular formula is C9H12N2O3. The van der Waals surface area contributed by atoms with Crippen LogP contribution in [0.4, 0.5) is 0 Å². The van der Waals surface area contributed by atoms with Gasteiger partial charge < -0.3 is 9.84 Å². The third-order valence-electron chi connectivity index (χ3n) is 1.98. The summed E-state index contributed by atoms with van der Waals surface area (Å²) in [5, 5.41) is 8.99. The summed E-state index contributed by atoms with van der Waals surface area (Å²) in [7, 11) is 1.44. The molecule has 0 aliphatic rings. The third-order valence-corrected chi connectivity index (χ3v) is 1.98. The van der Waals surface area contributed by atoms with Crippen LogP contribution in [0.2, 0.25) is 0 Å². The van der Waals surface area contributed by atoms with Crippen molar-refractivity contribution in [2.24, 2.45) is 0 Å². The van der Waals surface area contributed by atoms with Gasteiger partial charge in [-0.25, -0.2) is 4.98 Å². The Labute approximate surface area is 81.8 Å². The van der Waals surface area contributed by atoms with Crippen LogP contribution in [0.15, 0.2) is 12.4 Å². The van der Waals surface area contributed by atoms with Gasteiger partial charge in [-0.1, -0.05) is 0 Å². The summed E-state index contributed by atoms with van der Waals surface area (Å²) in [6.07, 6.45) is 2.91. The fraction of sp³-hybridized carbons (Fsp3) is 0.444. The number of methoxy groups -OCH3 is 1. The molecule has 0 aromatic carbocycles. The van der Waals surface area contributed by atoms with E-state index >= 15 is 0 Å². The van der Waals surface area contributed by atoms with E-state index in [1.54, 1.807) is 13.8 Å². The molecule has 0 atom stereocenters. The zero-order valence-corrected chi connectivity index (χ0v) is 8.31. The van der Waals surface area contributed by atoms with E-state index in [0.717, 1.165) is 0 Å². The van der Waals surface area contributed by atoms with Crippen LogP contribution in [0.5, 0.6) is 5.88 Å². The van der Waals surface area contributed by atoms with Crippen LogP contribution in [0, 0.1) is 0 Å². The molecule has 1 rings (SSSR count). The van der Waals surface area contributed by atoms with Crippen molar-refractivity contribution in [3.63, 3.8) is 0 Å². The topological polar surface area (TPSA) is 72.3 Å². The second-order valence-electron chi connectivity index (χ2n) is 3.34. The Hall–Kier alpha value is -1.65. The first-order chi connectivity index (χ1) is 6.50. The first-order valence-electron chi connectivity index (χ1n) is 4.09. The van der Waals surface area contributed by atoms with E-state index in [9.17, 15) is 4.79 Å². The van der Waals surface area contributed by atoms with Gasteiger partial charge in [0.15, 0.2) is 0 Å². The van der Waals surface area contributed by atoms with E-state index in [4.69, 9.17) is 9.84 Å². The van der Waals surface area contributed by atoms with E-state index in [1.807, 2.05) is 0 Å². The maximum absolute atomic E-state index is 11.0. The van der Waals surface area contributed by atoms with Gasteiger partial charge in [0.05, 0.1) is 7.11 Å². The van der Waals surface area contributed by atoms with Crippen molar-refractivity contribution < 1.29 is 14.6 Å². The molecule has 76 valence electrons. The molecule has 0 unspecified atom stereocenters. The fourth-order valence-electron chi connectivity index (χ4n) is 1.00. The van der Waals surface area contributed by atoms with E-state index in [2.05, 4.69) is 9.97 Å². The SMILES string of the molecule is COc1nccnc1C(C)(C)C(=O)O. The Morgan fingerprint density at radius 3 is 2.50 bits per heavy atom. The van der Waals surface area contributed by atoms with Crippen molar-refractivity contribution in [2.75, 3.05) is 7.11 Å². The fourth-order valence-corrected chi connectivity index (χ4v) is 1.00. The zero-order chi connectivity index (χ0) is 10.8. The quantitative estimate of drug-likeness (QED) is 0.775. The molecule has 0 amide bonds. The lowest BCUT2D eigenvalue weighted by molar-refractivity contribution is -0.142. The van der Waals surface area contributed by atoms with E-state index < -0.39 is 11.4 Å². The normalized spacial score (nSPS) is 11.1. The highest BCUT2D eigenvalue weighted by molar-refractivity contribution is 5.80. The number of hydrogen-bond donors (Lipinski definition) is 1. The van der Waals surface area contributed by atoms with Crippen molar-refractivity contribution in [1.29, 1.82) is 0 Å². The summed E-state index contributed by atoms with van der Waals surface area (Å²) < 4.78 is 4.94. The molecule has 0 bridgehead atoms. The molecule has 0 aliphatic carbocycles. The Morgan fingerprint density at radius 2 is 2.00 bits per heavy atom. The maximum Gasteiger partial charge on any atom is 0.315 e. The van der Waals surface area contributed by atoms with Gasteiger partial charge in [0.25, 0.3) is 0 Å². The van der Waals surface area contributed by atoms with Crippen LogP contribution in [-0.4, -0.2) is 28.2 Å². The number of carboxylic acid groups (broad SMARTS) is 1. The number of aromatic nitrogens is 2. The zero-order valence-electron chi connectivity index (χ0n) is 8.31. The van der Waals surface area contributed by atoms with Gasteiger partial charge in [-0.15, -0.1) is 0 Å². The Bertz CT molecular complexity index is 350. The molecule has 5 heteroatoms. The van der Waals surface area contributed by atoms with Crippen LogP contribution >= 0.6 is 0 Å². The largest absolute Gasteiger partial charge is 0.481 e. The first-order valence-corrected chi connectivity index (χ1v) is 4.09. The molecular weight excluding hydrogens is 184 g/mol. The lowest BCUT2D eigenvalue weighted by Crippen LogP contribution is -2.30. The lowest BCUT2D eigenvalue weighted by atomic mass is 9.89. The van der Waals surface area contributed by atoms with Crippen LogP contribution in [-0.2, 0) is 10.2 Å². The van der Waals surface area contributed by atoms with E-state index in [1.165, 1.54) is 19.5 Å². The number of carboxylic acids is 1. The summed E-state index contributed by atoms with van der Waals surface area (Å²) in [6.45, 7) is 3.11. The second-order valence-corrected chi connectivity index (χ2v) is 3.34. The molecule has 0 fully saturated rings. The second kappa shape index (κ2) is 3.61. The molecule has 5 nitrogen and oxygen atoms in total. The van der Waals surface area contributed by atoms with Gasteiger partial charge in [-0.2, -0.15) is 0 Å². The van der Waals surface area contributed by atoms with Crippen LogP contribution < -0.4 is 4.74 Å². The van der Waals surface area contributed by atoms with Crippen molar-refractivity contribution in [2.45, 2.75) is 19.3 Å². The van der Waals surface area contributed by atoms with Crippen molar-refractivity contribution in [3.8, 4) is 5.88 Å². The molecule has 0 saturated heterocycles. The molecule has 1 aromatic heterocycles. The molecule has 0 saturated carbocycles. The standard InChI is InChI=1S/C9H12N2O3/c1-9(2,8(12)13)6-7(14-3)11-5-4-10-6/h4-5H,1-3H3,(H,12,13). The summed E-state index contributed by atoms with van der Waals surface area (Å²) >= 11 is 0. The summed E-state index contributed by atoms with van der Waals surface area (Å²) in [4.78, 5) is 18.8. The molecule has 0 aliphatic heterocycles. The van der Waals surface area contributed by atoms with Gasteiger partial charge in [0, 0.05) is 12.4 Å². The van der Waals surface area contributed by atoms with Crippen LogP contribution in [0.3, 0.4) is 0 Å². The molecule has 0 spiro atoms. The van der Waals surface area contributed by atoms with Gasteiger partial charge in [-0.05, 0) is 13.8 Å². The molecule has 1 heterocycles. The highest BCUT2D eigenvalue weighted by Crippen LogP contribution is 2.27. The van der Waals surface area contributed by atoms with Gasteiger partial charge in [0.2, 0.25) is 5.88 Å². The lowest BCUT2D eigenvalue weighted by Gasteiger charge is -2.19. The number of aliphatic carboxylic acids is 1. The molecule has 0 radical (unpaired) electrons. The monoisotopic (exact) mass is 196 g/mol. The predicted octanol–water partition coefficient (Wildman–Crippen LogP) is 0.847. The number of nitrogens with zero attached hydrogens (tertiary/aromatic N) is 2. The average Bonchev–Trinajstić information content (AvgIpc) is 2.17. The van der Waals surface area contributed by atoms with Gasteiger partial charge in [-0.3, -0.25) is 9.78 Å². The Balaban J connectivity index is 3.24. The number of hydrogen-bond acceptors (Lipinski definition) is 4. The van der Waals surface area contributed by atoms with Crippen molar-refractivity contribution in [1.82, 2.24) is 9.97 Å². The highest BCUT2D eigenvalue weighted by Gasteiger charge is 2.34. The third kappa shape index (κ3) is 1.66. The number of ether oxygens (including phenoxy) is 1. The minimum atomic E-state index is -1.10. The Morgan fingerprint density at radius 1 is 1.43 bits per heavy atom. The maximum atomic E-state index is 11.0. The van der Waals surface area contributed by atoms with Gasteiger partial charge >= 0.3 is 5.97 Å². The summed E-state index contributed by atoms with van der Waals surface area (Å²) in [6, 6.07) is 0. The first kappa shape index (κ1) is 10.4. The smallest absolute Gasteiger partial charge is 0.315 e. The van der Waals surface area contributed by atoms with Crippen molar-refractivity contribution >= 4 is 5.97 Å². The number of rotatable bonds is 3. The highest BCUT2D eigenvalue weighted by atomic mass is 16.5. The predicted molar refractivity (Wildman–Crippen MR) is 49.2 cm³/mol. The molecule has 1 N–H and O–H groups in total. The average molecular weight is 196 g/mol. The number of carbonyl (C=O) groups is 1. The minimum Gasteiger partial charge on any atom is -0.481 e.